The highest BCUT2D eigenvalue weighted by molar-refractivity contribution is 5.82. The molecule has 21 heavy (non-hydrogen) atoms. The third kappa shape index (κ3) is 4.79. The summed E-state index contributed by atoms with van der Waals surface area (Å²) >= 11 is 0. The van der Waals surface area contributed by atoms with Crippen LogP contribution < -0.4 is 11.1 Å². The van der Waals surface area contributed by atoms with Crippen molar-refractivity contribution in [2.75, 3.05) is 19.6 Å². The number of nitrogens with two attached hydrogens (primary N) is 1. The fourth-order valence-electron chi connectivity index (χ4n) is 2.74. The van der Waals surface area contributed by atoms with Gasteiger partial charge in [-0.15, -0.1) is 0 Å². The molecule has 1 aromatic carbocycles. The smallest absolute Gasteiger partial charge is 0.237 e. The van der Waals surface area contributed by atoms with Gasteiger partial charge in [0.25, 0.3) is 0 Å². The summed E-state index contributed by atoms with van der Waals surface area (Å²) in [6.07, 6.45) is 3.78. The summed E-state index contributed by atoms with van der Waals surface area (Å²) in [5.41, 5.74) is 6.48. The van der Waals surface area contributed by atoms with E-state index in [0.717, 1.165) is 37.8 Å². The van der Waals surface area contributed by atoms with Crippen molar-refractivity contribution in [3.63, 3.8) is 0 Å². The third-order valence-electron chi connectivity index (χ3n) is 3.90. The number of benzene rings is 1. The van der Waals surface area contributed by atoms with Crippen LogP contribution in [-0.2, 0) is 11.3 Å². The SMILES string of the molecule is NCCCCNC(=O)C1CCCN1Cc1ccc(F)cc1. The van der Waals surface area contributed by atoms with Crippen LogP contribution in [0, 0.1) is 5.82 Å². The van der Waals surface area contributed by atoms with Crippen LogP contribution in [0.3, 0.4) is 0 Å². The van der Waals surface area contributed by atoms with E-state index in [1.165, 1.54) is 12.1 Å². The number of nitrogens with zero attached hydrogens (tertiary/aromatic N) is 1. The Morgan fingerprint density at radius 2 is 2.10 bits per heavy atom. The Bertz CT molecular complexity index is 449. The number of carbonyl (C=O) groups excluding carboxylic acids is 1. The molecule has 0 bridgehead atoms. The lowest BCUT2D eigenvalue weighted by atomic mass is 10.1. The Morgan fingerprint density at radius 3 is 2.81 bits per heavy atom. The van der Waals surface area contributed by atoms with Gasteiger partial charge in [-0.05, 0) is 56.5 Å². The predicted molar refractivity (Wildman–Crippen MR) is 81.1 cm³/mol. The molecule has 2 rings (SSSR count). The van der Waals surface area contributed by atoms with Gasteiger partial charge in [0.1, 0.15) is 5.82 Å². The molecule has 0 spiro atoms. The quantitative estimate of drug-likeness (QED) is 0.752. The Hall–Kier alpha value is -1.46. The normalized spacial score (nSPS) is 18.9. The van der Waals surface area contributed by atoms with Crippen molar-refractivity contribution in [1.29, 1.82) is 0 Å². The summed E-state index contributed by atoms with van der Waals surface area (Å²) < 4.78 is 12.9. The first-order valence-corrected chi connectivity index (χ1v) is 7.67. The van der Waals surface area contributed by atoms with Crippen molar-refractivity contribution in [3.05, 3.63) is 35.6 Å². The number of likely N-dealkylation sites (tertiary alicyclic amines) is 1. The molecule has 1 heterocycles. The second-order valence-corrected chi connectivity index (χ2v) is 5.54. The molecular weight excluding hydrogens is 269 g/mol. The van der Waals surface area contributed by atoms with Crippen LogP contribution in [0.2, 0.25) is 0 Å². The molecule has 3 N–H and O–H groups in total. The first-order chi connectivity index (χ1) is 10.2. The molecule has 116 valence electrons. The van der Waals surface area contributed by atoms with Gasteiger partial charge in [0.2, 0.25) is 5.91 Å². The van der Waals surface area contributed by atoms with E-state index < -0.39 is 0 Å². The van der Waals surface area contributed by atoms with E-state index in [1.54, 1.807) is 12.1 Å². The van der Waals surface area contributed by atoms with Crippen LogP contribution in [0.1, 0.15) is 31.2 Å². The first kappa shape index (κ1) is 15.9. The zero-order valence-corrected chi connectivity index (χ0v) is 12.4. The maximum Gasteiger partial charge on any atom is 0.237 e. The highest BCUT2D eigenvalue weighted by Crippen LogP contribution is 2.20. The molecule has 1 atom stereocenters. The predicted octanol–water partition coefficient (Wildman–Crippen LogP) is 1.65. The molecule has 1 aromatic rings. The maximum absolute atomic E-state index is 12.9. The number of rotatable bonds is 7. The van der Waals surface area contributed by atoms with E-state index in [0.29, 0.717) is 19.6 Å². The number of carbonyl (C=O) groups is 1. The van der Waals surface area contributed by atoms with Crippen LogP contribution in [-0.4, -0.2) is 36.5 Å². The van der Waals surface area contributed by atoms with Crippen molar-refractivity contribution >= 4 is 5.91 Å². The average Bonchev–Trinajstić information content (AvgIpc) is 2.94. The summed E-state index contributed by atoms with van der Waals surface area (Å²) in [7, 11) is 0. The molecule has 5 heteroatoms. The second kappa shape index (κ2) is 8.10. The average molecular weight is 293 g/mol. The number of amides is 1. The minimum Gasteiger partial charge on any atom is -0.355 e. The van der Waals surface area contributed by atoms with Crippen molar-refractivity contribution in [3.8, 4) is 0 Å². The summed E-state index contributed by atoms with van der Waals surface area (Å²) in [4.78, 5) is 14.4. The Morgan fingerprint density at radius 1 is 1.33 bits per heavy atom. The van der Waals surface area contributed by atoms with Gasteiger partial charge in [0, 0.05) is 13.1 Å². The summed E-state index contributed by atoms with van der Waals surface area (Å²) in [6.45, 7) is 2.96. The molecular formula is C16H24FN3O. The number of hydrogen-bond acceptors (Lipinski definition) is 3. The highest BCUT2D eigenvalue weighted by Gasteiger charge is 2.30. The molecule has 1 aliphatic rings. The lowest BCUT2D eigenvalue weighted by molar-refractivity contribution is -0.125. The summed E-state index contributed by atoms with van der Waals surface area (Å²) in [6, 6.07) is 6.43. The number of unbranched alkanes of at least 4 members (excludes halogenated alkanes) is 1. The molecule has 0 saturated carbocycles. The van der Waals surface area contributed by atoms with E-state index in [-0.39, 0.29) is 17.8 Å². The van der Waals surface area contributed by atoms with Crippen LogP contribution in [0.25, 0.3) is 0 Å². The van der Waals surface area contributed by atoms with Gasteiger partial charge in [-0.3, -0.25) is 9.69 Å². The van der Waals surface area contributed by atoms with Gasteiger partial charge in [-0.2, -0.15) is 0 Å². The summed E-state index contributed by atoms with van der Waals surface area (Å²) in [5.74, 6) is -0.124. The highest BCUT2D eigenvalue weighted by atomic mass is 19.1. The van der Waals surface area contributed by atoms with Crippen LogP contribution >= 0.6 is 0 Å². The van der Waals surface area contributed by atoms with Gasteiger partial charge in [-0.1, -0.05) is 12.1 Å². The Balaban J connectivity index is 1.84. The number of nitrogens with one attached hydrogen (secondary N) is 1. The molecule has 0 radical (unpaired) electrons. The van der Waals surface area contributed by atoms with Crippen molar-refractivity contribution in [1.82, 2.24) is 10.2 Å². The van der Waals surface area contributed by atoms with Gasteiger partial charge in [-0.25, -0.2) is 4.39 Å². The van der Waals surface area contributed by atoms with Crippen LogP contribution in [0.4, 0.5) is 4.39 Å². The van der Waals surface area contributed by atoms with E-state index in [4.69, 9.17) is 5.73 Å². The topological polar surface area (TPSA) is 58.4 Å². The van der Waals surface area contributed by atoms with Crippen molar-refractivity contribution < 1.29 is 9.18 Å². The van der Waals surface area contributed by atoms with Crippen LogP contribution in [0.5, 0.6) is 0 Å². The van der Waals surface area contributed by atoms with E-state index in [2.05, 4.69) is 10.2 Å². The third-order valence-corrected chi connectivity index (χ3v) is 3.90. The zero-order valence-electron chi connectivity index (χ0n) is 12.4. The summed E-state index contributed by atoms with van der Waals surface area (Å²) in [5, 5.41) is 2.99. The second-order valence-electron chi connectivity index (χ2n) is 5.54. The van der Waals surface area contributed by atoms with Crippen molar-refractivity contribution in [2.45, 2.75) is 38.3 Å². The fourth-order valence-corrected chi connectivity index (χ4v) is 2.74. The molecule has 0 aromatic heterocycles. The van der Waals surface area contributed by atoms with Crippen molar-refractivity contribution in [2.24, 2.45) is 5.73 Å². The van der Waals surface area contributed by atoms with E-state index in [1.807, 2.05) is 0 Å². The molecule has 1 aliphatic heterocycles. The largest absolute Gasteiger partial charge is 0.355 e. The van der Waals surface area contributed by atoms with Gasteiger partial charge < -0.3 is 11.1 Å². The standard InChI is InChI=1S/C16H24FN3O/c17-14-7-5-13(6-8-14)12-20-11-3-4-15(20)16(21)19-10-2-1-9-18/h5-8,15H,1-4,9-12,18H2,(H,19,21). The Labute approximate surface area is 125 Å². The first-order valence-electron chi connectivity index (χ1n) is 7.67. The van der Waals surface area contributed by atoms with Gasteiger partial charge >= 0.3 is 0 Å². The zero-order chi connectivity index (χ0) is 15.1. The lowest BCUT2D eigenvalue weighted by Crippen LogP contribution is -2.43. The molecule has 0 aliphatic carbocycles. The molecule has 1 saturated heterocycles. The Kier molecular flexibility index (Phi) is 6.14. The molecule has 1 unspecified atom stereocenters. The van der Waals surface area contributed by atoms with Crippen LogP contribution in [0.15, 0.2) is 24.3 Å². The number of halogens is 1. The maximum atomic E-state index is 12.9. The minimum absolute atomic E-state index is 0.0621. The molecule has 1 amide bonds. The minimum atomic E-state index is -0.227. The van der Waals surface area contributed by atoms with Gasteiger partial charge in [0.15, 0.2) is 0 Å². The molecule has 1 fully saturated rings. The lowest BCUT2D eigenvalue weighted by Gasteiger charge is -2.23. The fraction of sp³-hybridized carbons (Fsp3) is 0.562. The monoisotopic (exact) mass is 293 g/mol. The van der Waals surface area contributed by atoms with Gasteiger partial charge in [0.05, 0.1) is 6.04 Å². The van der Waals surface area contributed by atoms with E-state index >= 15 is 0 Å². The van der Waals surface area contributed by atoms with E-state index in [9.17, 15) is 9.18 Å². The number of hydrogen-bond donors (Lipinski definition) is 2. The molecule has 4 nitrogen and oxygen atoms in total.